The summed E-state index contributed by atoms with van der Waals surface area (Å²) in [7, 11) is 1.76. The first kappa shape index (κ1) is 18.2. The van der Waals surface area contributed by atoms with E-state index in [-0.39, 0.29) is 17.4 Å². The molecule has 1 N–H and O–H groups in total. The van der Waals surface area contributed by atoms with Crippen LogP contribution in [0.15, 0.2) is 0 Å². The minimum absolute atomic E-state index is 0.0715. The SMILES string of the molecule is CCC(CC)C(=O)NC[C@H]1[C@H]2CN(CCCOC)C[C@]23CC[C@H]1O3. The lowest BCUT2D eigenvalue weighted by Gasteiger charge is -2.30. The van der Waals surface area contributed by atoms with Crippen molar-refractivity contribution in [2.45, 2.75) is 57.7 Å². The lowest BCUT2D eigenvalue weighted by Crippen LogP contribution is -2.43. The number of ether oxygens (including phenoxy) is 2. The predicted molar refractivity (Wildman–Crippen MR) is 93.8 cm³/mol. The van der Waals surface area contributed by atoms with E-state index in [2.05, 4.69) is 24.1 Å². The Balaban J connectivity index is 1.55. The number of rotatable bonds is 9. The van der Waals surface area contributed by atoms with Crippen molar-refractivity contribution in [3.05, 3.63) is 0 Å². The van der Waals surface area contributed by atoms with Crippen LogP contribution in [0.1, 0.15) is 46.0 Å². The van der Waals surface area contributed by atoms with E-state index in [1.807, 2.05) is 0 Å². The van der Waals surface area contributed by atoms with Gasteiger partial charge >= 0.3 is 0 Å². The maximum Gasteiger partial charge on any atom is 0.223 e. The van der Waals surface area contributed by atoms with Crippen molar-refractivity contribution in [2.24, 2.45) is 17.8 Å². The van der Waals surface area contributed by atoms with Crippen molar-refractivity contribution in [3.63, 3.8) is 0 Å². The molecule has 0 aromatic carbocycles. The van der Waals surface area contributed by atoms with E-state index in [4.69, 9.17) is 9.47 Å². The van der Waals surface area contributed by atoms with Crippen LogP contribution < -0.4 is 5.32 Å². The standard InChI is InChI=1S/C19H34N2O3/c1-4-14(5-2)18(22)20-11-15-16-12-21(9-6-10-23-3)13-19(16)8-7-17(15)24-19/h14-17H,4-13H2,1-3H3,(H,20,22)/t15-,16+,17+,19+/m0/s1. The Hall–Kier alpha value is -0.650. The van der Waals surface area contributed by atoms with Gasteiger partial charge in [-0.1, -0.05) is 13.8 Å². The molecule has 1 spiro atoms. The fourth-order valence-corrected chi connectivity index (χ4v) is 5.18. The maximum absolute atomic E-state index is 12.3. The van der Waals surface area contributed by atoms with Gasteiger partial charge in [-0.05, 0) is 32.1 Å². The molecule has 1 amide bonds. The smallest absolute Gasteiger partial charge is 0.223 e. The van der Waals surface area contributed by atoms with E-state index in [0.29, 0.717) is 17.9 Å². The number of carbonyl (C=O) groups excluding carboxylic acids is 1. The van der Waals surface area contributed by atoms with E-state index in [1.165, 1.54) is 6.42 Å². The molecule has 5 nitrogen and oxygen atoms in total. The summed E-state index contributed by atoms with van der Waals surface area (Å²) in [5.41, 5.74) is 0.0715. The molecule has 3 fully saturated rings. The first-order valence-corrected chi connectivity index (χ1v) is 9.80. The lowest BCUT2D eigenvalue weighted by molar-refractivity contribution is -0.125. The maximum atomic E-state index is 12.3. The highest BCUT2D eigenvalue weighted by molar-refractivity contribution is 5.78. The summed E-state index contributed by atoms with van der Waals surface area (Å²) in [5, 5.41) is 3.23. The average molecular weight is 338 g/mol. The zero-order valence-corrected chi connectivity index (χ0v) is 15.6. The summed E-state index contributed by atoms with van der Waals surface area (Å²) in [5.74, 6) is 1.46. The van der Waals surface area contributed by atoms with E-state index >= 15 is 0 Å². The number of carbonyl (C=O) groups is 1. The van der Waals surface area contributed by atoms with Gasteiger partial charge in [-0.15, -0.1) is 0 Å². The Labute approximate surface area is 146 Å². The van der Waals surface area contributed by atoms with Gasteiger partial charge in [-0.25, -0.2) is 0 Å². The molecule has 2 bridgehead atoms. The molecule has 0 unspecified atom stereocenters. The van der Waals surface area contributed by atoms with E-state index in [1.54, 1.807) is 7.11 Å². The first-order valence-electron chi connectivity index (χ1n) is 9.80. The quantitative estimate of drug-likeness (QED) is 0.654. The second-order valence-corrected chi connectivity index (χ2v) is 7.87. The minimum Gasteiger partial charge on any atom is -0.385 e. The monoisotopic (exact) mass is 338 g/mol. The topological polar surface area (TPSA) is 50.8 Å². The highest BCUT2D eigenvalue weighted by atomic mass is 16.5. The van der Waals surface area contributed by atoms with Crippen LogP contribution in [0.5, 0.6) is 0 Å². The molecule has 5 heteroatoms. The second kappa shape index (κ2) is 7.71. The van der Waals surface area contributed by atoms with Crippen LogP contribution >= 0.6 is 0 Å². The zero-order chi connectivity index (χ0) is 17.2. The number of likely N-dealkylation sites (tertiary alicyclic amines) is 1. The van der Waals surface area contributed by atoms with Crippen molar-refractivity contribution in [2.75, 3.05) is 39.9 Å². The predicted octanol–water partition coefficient (Wildman–Crippen LogP) is 2.05. The van der Waals surface area contributed by atoms with Gasteiger partial charge in [0.05, 0.1) is 11.7 Å². The van der Waals surface area contributed by atoms with E-state index in [9.17, 15) is 4.79 Å². The zero-order valence-electron chi connectivity index (χ0n) is 15.6. The van der Waals surface area contributed by atoms with E-state index in [0.717, 1.165) is 58.5 Å². The van der Waals surface area contributed by atoms with Crippen molar-refractivity contribution >= 4 is 5.91 Å². The summed E-state index contributed by atoms with van der Waals surface area (Å²) in [6.45, 7) is 9.08. The van der Waals surface area contributed by atoms with Crippen molar-refractivity contribution in [1.82, 2.24) is 10.2 Å². The third-order valence-electron chi connectivity index (χ3n) is 6.55. The Morgan fingerprint density at radius 1 is 1.42 bits per heavy atom. The molecule has 0 aromatic heterocycles. The van der Waals surface area contributed by atoms with Gasteiger partial charge in [0.1, 0.15) is 0 Å². The summed E-state index contributed by atoms with van der Waals surface area (Å²) >= 11 is 0. The van der Waals surface area contributed by atoms with Gasteiger partial charge in [-0.3, -0.25) is 9.69 Å². The van der Waals surface area contributed by atoms with Gasteiger partial charge in [0, 0.05) is 57.6 Å². The molecule has 0 saturated carbocycles. The van der Waals surface area contributed by atoms with Gasteiger partial charge in [-0.2, -0.15) is 0 Å². The van der Waals surface area contributed by atoms with Gasteiger partial charge in [0.15, 0.2) is 0 Å². The number of fused-ring (bicyclic) bond motifs is 1. The number of hydrogen-bond acceptors (Lipinski definition) is 4. The van der Waals surface area contributed by atoms with Crippen LogP contribution in [0, 0.1) is 17.8 Å². The Morgan fingerprint density at radius 3 is 2.92 bits per heavy atom. The molecule has 3 heterocycles. The Bertz CT molecular complexity index is 440. The number of hydrogen-bond donors (Lipinski definition) is 1. The number of amides is 1. The number of nitrogens with one attached hydrogen (secondary N) is 1. The largest absolute Gasteiger partial charge is 0.385 e. The van der Waals surface area contributed by atoms with Crippen molar-refractivity contribution in [1.29, 1.82) is 0 Å². The summed E-state index contributed by atoms with van der Waals surface area (Å²) in [4.78, 5) is 14.9. The lowest BCUT2D eigenvalue weighted by atomic mass is 9.73. The normalized spacial score (nSPS) is 34.9. The van der Waals surface area contributed by atoms with Crippen LogP contribution in [-0.4, -0.2) is 62.4 Å². The molecule has 3 aliphatic rings. The number of methoxy groups -OCH3 is 1. The van der Waals surface area contributed by atoms with Gasteiger partial charge in [0.25, 0.3) is 0 Å². The molecule has 24 heavy (non-hydrogen) atoms. The fraction of sp³-hybridized carbons (Fsp3) is 0.947. The van der Waals surface area contributed by atoms with Crippen LogP contribution in [-0.2, 0) is 14.3 Å². The van der Waals surface area contributed by atoms with Crippen molar-refractivity contribution in [3.8, 4) is 0 Å². The summed E-state index contributed by atoms with van der Waals surface area (Å²) in [6.07, 6.45) is 5.65. The van der Waals surface area contributed by atoms with E-state index < -0.39 is 0 Å². The summed E-state index contributed by atoms with van der Waals surface area (Å²) in [6, 6.07) is 0. The molecule has 3 saturated heterocycles. The molecule has 4 atom stereocenters. The third-order valence-corrected chi connectivity index (χ3v) is 6.55. The van der Waals surface area contributed by atoms with Crippen LogP contribution in [0.2, 0.25) is 0 Å². The van der Waals surface area contributed by atoms with Gasteiger partial charge in [0.2, 0.25) is 5.91 Å². The average Bonchev–Trinajstić information content (AvgIpc) is 3.22. The Morgan fingerprint density at radius 2 is 2.21 bits per heavy atom. The molecule has 0 aliphatic carbocycles. The molecule has 0 radical (unpaired) electrons. The first-order chi connectivity index (χ1) is 11.6. The molecular weight excluding hydrogens is 304 g/mol. The molecule has 3 rings (SSSR count). The Kier molecular flexibility index (Phi) is 5.83. The third kappa shape index (κ3) is 3.35. The summed E-state index contributed by atoms with van der Waals surface area (Å²) < 4.78 is 11.6. The van der Waals surface area contributed by atoms with Crippen LogP contribution in [0.25, 0.3) is 0 Å². The number of nitrogens with zero attached hydrogens (tertiary/aromatic N) is 1. The minimum atomic E-state index is 0.0715. The van der Waals surface area contributed by atoms with Crippen LogP contribution in [0.3, 0.4) is 0 Å². The highest BCUT2D eigenvalue weighted by Crippen LogP contribution is 2.54. The fourth-order valence-electron chi connectivity index (χ4n) is 5.18. The molecule has 138 valence electrons. The van der Waals surface area contributed by atoms with Crippen molar-refractivity contribution < 1.29 is 14.3 Å². The van der Waals surface area contributed by atoms with Gasteiger partial charge < -0.3 is 14.8 Å². The molecule has 3 aliphatic heterocycles. The molecular formula is C19H34N2O3. The second-order valence-electron chi connectivity index (χ2n) is 7.87. The molecule has 0 aromatic rings. The highest BCUT2D eigenvalue weighted by Gasteiger charge is 2.62. The van der Waals surface area contributed by atoms with Crippen LogP contribution in [0.4, 0.5) is 0 Å².